The van der Waals surface area contributed by atoms with Crippen LogP contribution in [0, 0.1) is 5.82 Å². The van der Waals surface area contributed by atoms with E-state index in [1.54, 1.807) is 30.5 Å². The van der Waals surface area contributed by atoms with Crippen molar-refractivity contribution >= 4 is 6.29 Å². The normalized spacial score (nSPS) is 9.94. The fourth-order valence-electron chi connectivity index (χ4n) is 1.34. The Morgan fingerprint density at radius 1 is 1.24 bits per heavy atom. The lowest BCUT2D eigenvalue weighted by Crippen LogP contribution is -1.97. The first-order chi connectivity index (χ1) is 8.28. The van der Waals surface area contributed by atoms with Crippen molar-refractivity contribution in [2.75, 3.05) is 0 Å². The summed E-state index contributed by atoms with van der Waals surface area (Å²) in [7, 11) is 0. The number of ether oxygens (including phenoxy) is 1. The molecule has 0 aliphatic rings. The van der Waals surface area contributed by atoms with Crippen LogP contribution in [0.3, 0.4) is 0 Å². The van der Waals surface area contributed by atoms with E-state index < -0.39 is 0 Å². The maximum atomic E-state index is 12.8. The maximum Gasteiger partial charge on any atom is 0.150 e. The molecule has 2 aromatic rings. The molecule has 0 saturated carbocycles. The van der Waals surface area contributed by atoms with Crippen LogP contribution < -0.4 is 4.74 Å². The average Bonchev–Trinajstić information content (AvgIpc) is 2.37. The van der Waals surface area contributed by atoms with E-state index in [2.05, 4.69) is 4.98 Å². The van der Waals surface area contributed by atoms with Crippen molar-refractivity contribution in [2.45, 2.75) is 6.61 Å². The monoisotopic (exact) mass is 231 g/mol. The van der Waals surface area contributed by atoms with Crippen LogP contribution in [0.5, 0.6) is 5.75 Å². The first-order valence-electron chi connectivity index (χ1n) is 5.05. The molecule has 0 saturated heterocycles. The molecule has 1 aromatic heterocycles. The SMILES string of the molecule is O=Cc1ccc(OCc2cncc(F)c2)cc1. The molecular weight excluding hydrogens is 221 g/mol. The number of carbonyl (C=O) groups is 1. The molecule has 1 aromatic carbocycles. The number of pyridine rings is 1. The number of hydrogen-bond acceptors (Lipinski definition) is 3. The average molecular weight is 231 g/mol. The Labute approximate surface area is 97.9 Å². The summed E-state index contributed by atoms with van der Waals surface area (Å²) in [6.07, 6.45) is 3.45. The van der Waals surface area contributed by atoms with Gasteiger partial charge in [0.25, 0.3) is 0 Å². The van der Waals surface area contributed by atoms with Gasteiger partial charge < -0.3 is 4.74 Å². The van der Waals surface area contributed by atoms with Gasteiger partial charge in [-0.1, -0.05) is 0 Å². The van der Waals surface area contributed by atoms with Gasteiger partial charge in [-0.3, -0.25) is 9.78 Å². The second-order valence-electron chi connectivity index (χ2n) is 3.49. The van der Waals surface area contributed by atoms with Crippen molar-refractivity contribution in [3.05, 3.63) is 59.7 Å². The summed E-state index contributed by atoms with van der Waals surface area (Å²) in [6, 6.07) is 8.07. The van der Waals surface area contributed by atoms with Crippen LogP contribution in [-0.2, 0) is 6.61 Å². The third-order valence-electron chi connectivity index (χ3n) is 2.18. The highest BCUT2D eigenvalue weighted by Crippen LogP contribution is 2.13. The molecule has 0 aliphatic heterocycles. The topological polar surface area (TPSA) is 39.2 Å². The molecule has 2 rings (SSSR count). The number of halogens is 1. The van der Waals surface area contributed by atoms with E-state index in [1.807, 2.05) is 0 Å². The number of hydrogen-bond donors (Lipinski definition) is 0. The number of benzene rings is 1. The minimum atomic E-state index is -0.387. The number of carbonyl (C=O) groups excluding carboxylic acids is 1. The minimum Gasteiger partial charge on any atom is -0.489 e. The van der Waals surface area contributed by atoms with Crippen LogP contribution in [-0.4, -0.2) is 11.3 Å². The molecule has 4 heteroatoms. The molecule has 0 amide bonds. The molecule has 1 heterocycles. The molecule has 0 fully saturated rings. The fraction of sp³-hybridized carbons (Fsp3) is 0.0769. The lowest BCUT2D eigenvalue weighted by atomic mass is 10.2. The van der Waals surface area contributed by atoms with Crippen molar-refractivity contribution in [3.8, 4) is 5.75 Å². The second kappa shape index (κ2) is 5.21. The van der Waals surface area contributed by atoms with Gasteiger partial charge in [0.05, 0.1) is 6.20 Å². The Morgan fingerprint density at radius 3 is 2.65 bits per heavy atom. The summed E-state index contributed by atoms with van der Waals surface area (Å²) in [6.45, 7) is 0.241. The Kier molecular flexibility index (Phi) is 3.45. The van der Waals surface area contributed by atoms with E-state index in [0.717, 1.165) is 12.5 Å². The fourth-order valence-corrected chi connectivity index (χ4v) is 1.34. The highest BCUT2D eigenvalue weighted by atomic mass is 19.1. The number of aromatic nitrogens is 1. The van der Waals surface area contributed by atoms with Crippen molar-refractivity contribution in [2.24, 2.45) is 0 Å². The second-order valence-corrected chi connectivity index (χ2v) is 3.49. The number of aldehydes is 1. The Balaban J connectivity index is 1.99. The lowest BCUT2D eigenvalue weighted by molar-refractivity contribution is 0.112. The van der Waals surface area contributed by atoms with E-state index in [1.165, 1.54) is 6.07 Å². The lowest BCUT2D eigenvalue weighted by Gasteiger charge is -2.05. The largest absolute Gasteiger partial charge is 0.489 e. The molecule has 3 nitrogen and oxygen atoms in total. The third kappa shape index (κ3) is 3.11. The smallest absolute Gasteiger partial charge is 0.150 e. The van der Waals surface area contributed by atoms with E-state index >= 15 is 0 Å². The molecule has 0 radical (unpaired) electrons. The van der Waals surface area contributed by atoms with E-state index in [-0.39, 0.29) is 12.4 Å². The van der Waals surface area contributed by atoms with Gasteiger partial charge in [0.2, 0.25) is 0 Å². The van der Waals surface area contributed by atoms with Crippen molar-refractivity contribution in [3.63, 3.8) is 0 Å². The van der Waals surface area contributed by atoms with Gasteiger partial charge in [0, 0.05) is 17.3 Å². The van der Waals surface area contributed by atoms with E-state index in [4.69, 9.17) is 4.74 Å². The van der Waals surface area contributed by atoms with Gasteiger partial charge in [0.15, 0.2) is 0 Å². The number of rotatable bonds is 4. The van der Waals surface area contributed by atoms with Crippen molar-refractivity contribution in [1.29, 1.82) is 0 Å². The quantitative estimate of drug-likeness (QED) is 0.759. The van der Waals surface area contributed by atoms with Gasteiger partial charge in [-0.15, -0.1) is 0 Å². The number of nitrogens with zero attached hydrogens (tertiary/aromatic N) is 1. The Hall–Kier alpha value is -2.23. The predicted octanol–water partition coefficient (Wildman–Crippen LogP) is 2.61. The minimum absolute atomic E-state index is 0.241. The summed E-state index contributed by atoms with van der Waals surface area (Å²) in [5, 5.41) is 0. The van der Waals surface area contributed by atoms with Gasteiger partial charge in [-0.25, -0.2) is 4.39 Å². The molecule has 17 heavy (non-hydrogen) atoms. The summed E-state index contributed by atoms with van der Waals surface area (Å²) < 4.78 is 18.3. The van der Waals surface area contributed by atoms with Gasteiger partial charge >= 0.3 is 0 Å². The zero-order valence-corrected chi connectivity index (χ0v) is 8.97. The standard InChI is InChI=1S/C13H10FNO2/c14-12-5-11(6-15-7-12)9-17-13-3-1-10(8-16)2-4-13/h1-8H,9H2. The summed E-state index contributed by atoms with van der Waals surface area (Å²) >= 11 is 0. The maximum absolute atomic E-state index is 12.8. The first kappa shape index (κ1) is 11.3. The molecule has 0 bridgehead atoms. The Morgan fingerprint density at radius 2 is 2.00 bits per heavy atom. The van der Waals surface area contributed by atoms with Gasteiger partial charge in [0.1, 0.15) is 24.5 Å². The zero-order valence-electron chi connectivity index (χ0n) is 8.97. The predicted molar refractivity (Wildman–Crippen MR) is 60.4 cm³/mol. The Bertz CT molecular complexity index is 511. The van der Waals surface area contributed by atoms with Gasteiger partial charge in [-0.05, 0) is 30.3 Å². The molecule has 86 valence electrons. The highest BCUT2D eigenvalue weighted by Gasteiger charge is 1.98. The highest BCUT2D eigenvalue weighted by molar-refractivity contribution is 5.74. The molecule has 0 atom stereocenters. The van der Waals surface area contributed by atoms with Crippen molar-refractivity contribution in [1.82, 2.24) is 4.98 Å². The third-order valence-corrected chi connectivity index (χ3v) is 2.18. The molecular formula is C13H10FNO2. The first-order valence-corrected chi connectivity index (χ1v) is 5.05. The summed E-state index contributed by atoms with van der Waals surface area (Å²) in [5.41, 5.74) is 1.24. The molecule has 0 N–H and O–H groups in total. The van der Waals surface area contributed by atoms with Crippen LogP contribution in [0.4, 0.5) is 4.39 Å². The van der Waals surface area contributed by atoms with Crippen LogP contribution in [0.25, 0.3) is 0 Å². The van der Waals surface area contributed by atoms with E-state index in [9.17, 15) is 9.18 Å². The molecule has 0 unspecified atom stereocenters. The summed E-state index contributed by atoms with van der Waals surface area (Å²) in [5.74, 6) is 0.238. The van der Waals surface area contributed by atoms with E-state index in [0.29, 0.717) is 16.9 Å². The van der Waals surface area contributed by atoms with Crippen LogP contribution >= 0.6 is 0 Å². The van der Waals surface area contributed by atoms with Gasteiger partial charge in [-0.2, -0.15) is 0 Å². The van der Waals surface area contributed by atoms with Crippen LogP contribution in [0.2, 0.25) is 0 Å². The molecule has 0 aliphatic carbocycles. The van der Waals surface area contributed by atoms with Crippen LogP contribution in [0.1, 0.15) is 15.9 Å². The molecule has 0 spiro atoms. The van der Waals surface area contributed by atoms with Crippen molar-refractivity contribution < 1.29 is 13.9 Å². The summed E-state index contributed by atoms with van der Waals surface area (Å²) in [4.78, 5) is 14.2. The van der Waals surface area contributed by atoms with Crippen LogP contribution in [0.15, 0.2) is 42.7 Å². The zero-order chi connectivity index (χ0) is 12.1.